The molecule has 0 radical (unpaired) electrons. The lowest BCUT2D eigenvalue weighted by Crippen LogP contribution is -2.42. The standard InChI is InChI=1S/C14H19NO2S/c1-9-6-10(2)8-15(7-9)14(17)13-5-4-12(18-13)11(3)16/h4-5,9-10H,6-8H2,1-3H3. The minimum atomic E-state index is 0.0273. The van der Waals surface area contributed by atoms with E-state index in [1.165, 1.54) is 24.7 Å². The van der Waals surface area contributed by atoms with Crippen LogP contribution < -0.4 is 0 Å². The summed E-state index contributed by atoms with van der Waals surface area (Å²) in [5, 5.41) is 0. The molecule has 1 aliphatic rings. The molecule has 1 amide bonds. The van der Waals surface area contributed by atoms with Gasteiger partial charge in [0.05, 0.1) is 9.75 Å². The van der Waals surface area contributed by atoms with Gasteiger partial charge in [-0.3, -0.25) is 9.59 Å². The zero-order valence-electron chi connectivity index (χ0n) is 11.1. The molecule has 0 aromatic carbocycles. The Bertz CT molecular complexity index is 456. The maximum atomic E-state index is 12.4. The number of carbonyl (C=O) groups excluding carboxylic acids is 2. The molecule has 2 atom stereocenters. The van der Waals surface area contributed by atoms with Gasteiger partial charge < -0.3 is 4.90 Å². The van der Waals surface area contributed by atoms with Gasteiger partial charge >= 0.3 is 0 Å². The van der Waals surface area contributed by atoms with E-state index in [2.05, 4.69) is 13.8 Å². The van der Waals surface area contributed by atoms with Crippen molar-refractivity contribution < 1.29 is 9.59 Å². The van der Waals surface area contributed by atoms with Gasteiger partial charge in [0.25, 0.3) is 5.91 Å². The lowest BCUT2D eigenvalue weighted by molar-refractivity contribution is 0.0628. The fraction of sp³-hybridized carbons (Fsp3) is 0.571. The predicted octanol–water partition coefficient (Wildman–Crippen LogP) is 3.07. The third-order valence-corrected chi connectivity index (χ3v) is 4.49. The average molecular weight is 265 g/mol. The highest BCUT2D eigenvalue weighted by Gasteiger charge is 2.27. The van der Waals surface area contributed by atoms with Gasteiger partial charge in [0.15, 0.2) is 5.78 Å². The first-order valence-electron chi connectivity index (χ1n) is 6.37. The number of nitrogens with zero attached hydrogens (tertiary/aromatic N) is 1. The molecular formula is C14H19NO2S. The van der Waals surface area contributed by atoms with Gasteiger partial charge in [-0.15, -0.1) is 11.3 Å². The van der Waals surface area contributed by atoms with Crippen LogP contribution in [0.3, 0.4) is 0 Å². The molecule has 0 N–H and O–H groups in total. The summed E-state index contributed by atoms with van der Waals surface area (Å²) in [5.74, 6) is 1.22. The number of hydrogen-bond donors (Lipinski definition) is 0. The highest BCUT2D eigenvalue weighted by atomic mass is 32.1. The van der Waals surface area contributed by atoms with Crippen molar-refractivity contribution in [3.05, 3.63) is 21.9 Å². The fourth-order valence-corrected chi connectivity index (χ4v) is 3.50. The molecule has 2 unspecified atom stereocenters. The topological polar surface area (TPSA) is 37.4 Å². The Morgan fingerprint density at radius 1 is 1.17 bits per heavy atom. The van der Waals surface area contributed by atoms with Gasteiger partial charge in [0.2, 0.25) is 0 Å². The van der Waals surface area contributed by atoms with E-state index in [0.717, 1.165) is 13.1 Å². The normalized spacial score (nSPS) is 24.1. The minimum Gasteiger partial charge on any atom is -0.337 e. The molecule has 0 bridgehead atoms. The Morgan fingerprint density at radius 3 is 2.22 bits per heavy atom. The molecule has 18 heavy (non-hydrogen) atoms. The molecule has 1 aromatic heterocycles. The quantitative estimate of drug-likeness (QED) is 0.771. The summed E-state index contributed by atoms with van der Waals surface area (Å²) < 4.78 is 0. The maximum absolute atomic E-state index is 12.4. The molecule has 0 saturated carbocycles. The molecular weight excluding hydrogens is 246 g/mol. The van der Waals surface area contributed by atoms with Gasteiger partial charge in [-0.25, -0.2) is 0 Å². The third-order valence-electron chi connectivity index (χ3n) is 3.32. The van der Waals surface area contributed by atoms with Crippen LogP contribution in [0.2, 0.25) is 0 Å². The molecule has 2 rings (SSSR count). The highest BCUT2D eigenvalue weighted by Crippen LogP contribution is 2.25. The molecule has 4 heteroatoms. The molecule has 0 spiro atoms. The number of likely N-dealkylation sites (tertiary alicyclic amines) is 1. The molecule has 2 heterocycles. The molecule has 98 valence electrons. The molecule has 0 aliphatic carbocycles. The zero-order chi connectivity index (χ0) is 13.3. The Labute approximate surface area is 112 Å². The zero-order valence-corrected chi connectivity index (χ0v) is 11.9. The smallest absolute Gasteiger partial charge is 0.263 e. The van der Waals surface area contributed by atoms with Crippen molar-refractivity contribution in [1.82, 2.24) is 4.90 Å². The van der Waals surface area contributed by atoms with Crippen molar-refractivity contribution in [2.75, 3.05) is 13.1 Å². The molecule has 1 aliphatic heterocycles. The van der Waals surface area contributed by atoms with Gasteiger partial charge in [0.1, 0.15) is 0 Å². The second kappa shape index (κ2) is 5.22. The lowest BCUT2D eigenvalue weighted by Gasteiger charge is -2.34. The summed E-state index contributed by atoms with van der Waals surface area (Å²) in [6.07, 6.45) is 1.19. The summed E-state index contributed by atoms with van der Waals surface area (Å²) in [6.45, 7) is 7.56. The summed E-state index contributed by atoms with van der Waals surface area (Å²) >= 11 is 1.30. The number of ketones is 1. The first kappa shape index (κ1) is 13.3. The molecule has 1 saturated heterocycles. The number of amides is 1. The molecule has 1 aromatic rings. The minimum absolute atomic E-state index is 0.0273. The first-order chi connectivity index (χ1) is 8.47. The summed E-state index contributed by atoms with van der Waals surface area (Å²) in [5.41, 5.74) is 0. The van der Waals surface area contributed by atoms with Crippen LogP contribution in [-0.4, -0.2) is 29.7 Å². The number of thiophene rings is 1. The second-order valence-corrected chi connectivity index (χ2v) is 6.46. The van der Waals surface area contributed by atoms with Crippen LogP contribution in [0.25, 0.3) is 0 Å². The van der Waals surface area contributed by atoms with E-state index < -0.39 is 0 Å². The molecule has 1 fully saturated rings. The number of hydrogen-bond acceptors (Lipinski definition) is 3. The Morgan fingerprint density at radius 2 is 1.72 bits per heavy atom. The molecule has 3 nitrogen and oxygen atoms in total. The van der Waals surface area contributed by atoms with Gasteiger partial charge in [-0.2, -0.15) is 0 Å². The summed E-state index contributed by atoms with van der Waals surface area (Å²) in [7, 11) is 0. The van der Waals surface area contributed by atoms with Crippen LogP contribution in [0.5, 0.6) is 0 Å². The van der Waals surface area contributed by atoms with Crippen molar-refractivity contribution in [1.29, 1.82) is 0 Å². The Hall–Kier alpha value is -1.16. The largest absolute Gasteiger partial charge is 0.337 e. The maximum Gasteiger partial charge on any atom is 0.263 e. The van der Waals surface area contributed by atoms with E-state index in [1.54, 1.807) is 12.1 Å². The number of carbonyl (C=O) groups is 2. The summed E-state index contributed by atoms with van der Waals surface area (Å²) in [6, 6.07) is 3.52. The van der Waals surface area contributed by atoms with E-state index >= 15 is 0 Å². The van der Waals surface area contributed by atoms with E-state index in [0.29, 0.717) is 21.6 Å². The van der Waals surface area contributed by atoms with Gasteiger partial charge in [-0.05, 0) is 37.3 Å². The van der Waals surface area contributed by atoms with E-state index in [1.807, 2.05) is 4.90 Å². The Kier molecular flexibility index (Phi) is 3.85. The predicted molar refractivity (Wildman–Crippen MR) is 73.2 cm³/mol. The van der Waals surface area contributed by atoms with Gasteiger partial charge in [-0.1, -0.05) is 13.8 Å². The SMILES string of the molecule is CC(=O)c1ccc(C(=O)N2CC(C)CC(C)C2)s1. The van der Waals surface area contributed by atoms with Crippen LogP contribution in [0.4, 0.5) is 0 Å². The monoisotopic (exact) mass is 265 g/mol. The van der Waals surface area contributed by atoms with Gasteiger partial charge in [0, 0.05) is 13.1 Å². The van der Waals surface area contributed by atoms with Crippen LogP contribution >= 0.6 is 11.3 Å². The van der Waals surface area contributed by atoms with Crippen LogP contribution in [0.15, 0.2) is 12.1 Å². The average Bonchev–Trinajstić information content (AvgIpc) is 2.75. The second-order valence-electron chi connectivity index (χ2n) is 5.38. The van der Waals surface area contributed by atoms with Crippen LogP contribution in [0.1, 0.15) is 46.5 Å². The Balaban J connectivity index is 2.12. The highest BCUT2D eigenvalue weighted by molar-refractivity contribution is 7.15. The van der Waals surface area contributed by atoms with Crippen molar-refractivity contribution in [2.24, 2.45) is 11.8 Å². The lowest BCUT2D eigenvalue weighted by atomic mass is 9.92. The fourth-order valence-electron chi connectivity index (χ4n) is 2.63. The number of piperidine rings is 1. The number of Topliss-reactive ketones (excluding diaryl/α,β-unsaturated/α-hetero) is 1. The first-order valence-corrected chi connectivity index (χ1v) is 7.19. The van der Waals surface area contributed by atoms with Crippen molar-refractivity contribution >= 4 is 23.0 Å². The number of rotatable bonds is 2. The van der Waals surface area contributed by atoms with Crippen molar-refractivity contribution in [2.45, 2.75) is 27.2 Å². The third kappa shape index (κ3) is 2.80. The van der Waals surface area contributed by atoms with Crippen molar-refractivity contribution in [3.8, 4) is 0 Å². The summed E-state index contributed by atoms with van der Waals surface area (Å²) in [4.78, 5) is 26.9. The van der Waals surface area contributed by atoms with E-state index in [-0.39, 0.29) is 11.7 Å². The van der Waals surface area contributed by atoms with E-state index in [9.17, 15) is 9.59 Å². The van der Waals surface area contributed by atoms with Crippen LogP contribution in [0, 0.1) is 11.8 Å². The van der Waals surface area contributed by atoms with E-state index in [4.69, 9.17) is 0 Å². The van der Waals surface area contributed by atoms with Crippen LogP contribution in [-0.2, 0) is 0 Å². The van der Waals surface area contributed by atoms with Crippen molar-refractivity contribution in [3.63, 3.8) is 0 Å².